The molecule has 1 aliphatic heterocycles. The third kappa shape index (κ3) is 4.56. The normalized spacial score (nSPS) is 21.1. The van der Waals surface area contributed by atoms with Crippen molar-refractivity contribution in [3.05, 3.63) is 107 Å². The molecule has 1 fully saturated rings. The van der Waals surface area contributed by atoms with Crippen LogP contribution in [-0.2, 0) is 17.8 Å². The van der Waals surface area contributed by atoms with Crippen LogP contribution in [0.25, 0.3) is 0 Å². The zero-order valence-electron chi connectivity index (χ0n) is 16.8. The molecule has 2 atom stereocenters. The van der Waals surface area contributed by atoms with E-state index in [0.717, 1.165) is 26.2 Å². The van der Waals surface area contributed by atoms with Gasteiger partial charge in [0.25, 0.3) is 0 Å². The third-order valence-corrected chi connectivity index (χ3v) is 5.80. The van der Waals surface area contributed by atoms with Crippen LogP contribution in [0.5, 0.6) is 0 Å². The van der Waals surface area contributed by atoms with Gasteiger partial charge in [-0.05, 0) is 24.3 Å². The van der Waals surface area contributed by atoms with Gasteiger partial charge in [-0.1, -0.05) is 60.7 Å². The van der Waals surface area contributed by atoms with Crippen molar-refractivity contribution in [2.75, 3.05) is 20.2 Å². The van der Waals surface area contributed by atoms with Gasteiger partial charge in [0.1, 0.15) is 26.2 Å². The zero-order valence-corrected chi connectivity index (χ0v) is 16.8. The van der Waals surface area contributed by atoms with Crippen molar-refractivity contribution >= 4 is 5.97 Å². The van der Waals surface area contributed by atoms with Gasteiger partial charge in [-0.2, -0.15) is 0 Å². The summed E-state index contributed by atoms with van der Waals surface area (Å²) in [4.78, 5) is 15.0. The molecule has 0 spiro atoms. The van der Waals surface area contributed by atoms with E-state index in [4.69, 9.17) is 4.74 Å². The Labute approximate surface area is 172 Å². The summed E-state index contributed by atoms with van der Waals surface area (Å²) in [5.74, 6) is -0.287. The van der Waals surface area contributed by atoms with Crippen LogP contribution >= 0.6 is 0 Å². The number of carbonyl (C=O) groups is 1. The lowest BCUT2D eigenvalue weighted by atomic mass is 10.1. The van der Waals surface area contributed by atoms with Crippen molar-refractivity contribution in [3.8, 4) is 0 Å². The smallest absolute Gasteiger partial charge is 0.337 e. The minimum Gasteiger partial charge on any atom is -0.465 e. The SMILES string of the molecule is COC(=O)c1ccc(C2[NH+](Cc3ccccc3)CC[NH+]2Cc2ccccc2)cc1. The second-order valence-corrected chi connectivity index (χ2v) is 7.69. The van der Waals surface area contributed by atoms with Crippen molar-refractivity contribution < 1.29 is 19.3 Å². The van der Waals surface area contributed by atoms with E-state index in [-0.39, 0.29) is 5.97 Å². The standard InChI is InChI=1S/C25H26N2O2/c1-29-25(28)23-14-12-22(13-15-23)24-26(18-20-8-4-2-5-9-20)16-17-27(24)19-21-10-6-3-7-11-21/h2-15,24H,16-19H2,1H3/p+2. The summed E-state index contributed by atoms with van der Waals surface area (Å²) in [6.45, 7) is 4.26. The van der Waals surface area contributed by atoms with E-state index in [1.54, 1.807) is 9.80 Å². The second-order valence-electron chi connectivity index (χ2n) is 7.69. The summed E-state index contributed by atoms with van der Waals surface area (Å²) >= 11 is 0. The predicted molar refractivity (Wildman–Crippen MR) is 112 cm³/mol. The number of nitrogens with one attached hydrogen (secondary N) is 2. The third-order valence-electron chi connectivity index (χ3n) is 5.80. The topological polar surface area (TPSA) is 35.2 Å². The molecule has 3 aromatic rings. The van der Waals surface area contributed by atoms with Crippen LogP contribution in [-0.4, -0.2) is 26.2 Å². The van der Waals surface area contributed by atoms with Crippen molar-refractivity contribution in [2.45, 2.75) is 19.3 Å². The highest BCUT2D eigenvalue weighted by molar-refractivity contribution is 5.89. The van der Waals surface area contributed by atoms with Crippen LogP contribution in [0.4, 0.5) is 0 Å². The maximum absolute atomic E-state index is 11.8. The molecule has 2 unspecified atom stereocenters. The summed E-state index contributed by atoms with van der Waals surface area (Å²) in [5.41, 5.74) is 4.59. The molecule has 2 N–H and O–H groups in total. The molecule has 0 aliphatic carbocycles. The zero-order chi connectivity index (χ0) is 20.1. The van der Waals surface area contributed by atoms with Gasteiger partial charge in [0, 0.05) is 11.1 Å². The van der Waals surface area contributed by atoms with Crippen LogP contribution in [0, 0.1) is 0 Å². The summed E-state index contributed by atoms with van der Waals surface area (Å²) in [6.07, 6.45) is 0.335. The highest BCUT2D eigenvalue weighted by atomic mass is 16.5. The number of ether oxygens (including phenoxy) is 1. The molecule has 0 saturated carbocycles. The number of benzene rings is 3. The van der Waals surface area contributed by atoms with Crippen LogP contribution < -0.4 is 9.80 Å². The lowest BCUT2D eigenvalue weighted by Gasteiger charge is -2.25. The Kier molecular flexibility index (Phi) is 6.03. The monoisotopic (exact) mass is 388 g/mol. The highest BCUT2D eigenvalue weighted by Crippen LogP contribution is 2.11. The first kappa shape index (κ1) is 19.4. The summed E-state index contributed by atoms with van der Waals surface area (Å²) < 4.78 is 4.85. The number of quaternary nitrogens is 2. The molecule has 0 aromatic heterocycles. The lowest BCUT2D eigenvalue weighted by molar-refractivity contribution is -1.09. The van der Waals surface area contributed by atoms with Gasteiger partial charge in [-0.3, -0.25) is 9.80 Å². The molecule has 0 radical (unpaired) electrons. The Morgan fingerprint density at radius 3 is 1.72 bits per heavy atom. The van der Waals surface area contributed by atoms with Gasteiger partial charge in [-0.15, -0.1) is 0 Å². The fourth-order valence-electron chi connectivity index (χ4n) is 4.40. The highest BCUT2D eigenvalue weighted by Gasteiger charge is 2.40. The Morgan fingerprint density at radius 2 is 1.28 bits per heavy atom. The molecule has 0 bridgehead atoms. The van der Waals surface area contributed by atoms with Gasteiger partial charge in [0.15, 0.2) is 0 Å². The molecule has 148 valence electrons. The van der Waals surface area contributed by atoms with Gasteiger partial charge < -0.3 is 4.74 Å². The first-order chi connectivity index (χ1) is 14.2. The number of methoxy groups -OCH3 is 1. The molecule has 4 heteroatoms. The Bertz CT molecular complexity index is 877. The second kappa shape index (κ2) is 9.03. The Morgan fingerprint density at radius 1 is 0.793 bits per heavy atom. The maximum Gasteiger partial charge on any atom is 0.337 e. The average Bonchev–Trinajstić information content (AvgIpc) is 3.16. The van der Waals surface area contributed by atoms with Crippen LogP contribution in [0.2, 0.25) is 0 Å². The van der Waals surface area contributed by atoms with E-state index in [9.17, 15) is 4.79 Å². The summed E-state index contributed by atoms with van der Waals surface area (Å²) in [5, 5.41) is 0. The van der Waals surface area contributed by atoms with Gasteiger partial charge >= 0.3 is 5.97 Å². The average molecular weight is 389 g/mol. The van der Waals surface area contributed by atoms with Crippen LogP contribution in [0.15, 0.2) is 84.9 Å². The van der Waals surface area contributed by atoms with E-state index in [1.165, 1.54) is 23.8 Å². The minimum absolute atomic E-state index is 0.287. The van der Waals surface area contributed by atoms with Crippen molar-refractivity contribution in [1.29, 1.82) is 0 Å². The summed E-state index contributed by atoms with van der Waals surface area (Å²) in [7, 11) is 1.42. The van der Waals surface area contributed by atoms with E-state index < -0.39 is 0 Å². The molecule has 1 aliphatic rings. The predicted octanol–water partition coefficient (Wildman–Crippen LogP) is 1.66. The van der Waals surface area contributed by atoms with Gasteiger partial charge in [0.05, 0.1) is 18.2 Å². The van der Waals surface area contributed by atoms with Crippen molar-refractivity contribution in [2.24, 2.45) is 0 Å². The fourth-order valence-corrected chi connectivity index (χ4v) is 4.40. The molecule has 4 rings (SSSR count). The van der Waals surface area contributed by atoms with Crippen molar-refractivity contribution in [3.63, 3.8) is 0 Å². The molecule has 4 nitrogen and oxygen atoms in total. The minimum atomic E-state index is -0.287. The van der Waals surface area contributed by atoms with Crippen LogP contribution in [0.3, 0.4) is 0 Å². The van der Waals surface area contributed by atoms with Gasteiger partial charge in [-0.25, -0.2) is 4.79 Å². The molecular formula is C25H28N2O2+2. The Hall–Kier alpha value is -2.95. The lowest BCUT2D eigenvalue weighted by Crippen LogP contribution is -3.22. The largest absolute Gasteiger partial charge is 0.465 e. The molecule has 29 heavy (non-hydrogen) atoms. The van der Waals surface area contributed by atoms with Crippen LogP contribution in [0.1, 0.15) is 33.2 Å². The molecule has 0 amide bonds. The van der Waals surface area contributed by atoms with Gasteiger partial charge in [0.2, 0.25) is 6.17 Å². The number of hydrogen-bond acceptors (Lipinski definition) is 2. The fraction of sp³-hybridized carbons (Fsp3) is 0.240. The molecular weight excluding hydrogens is 360 g/mol. The molecule has 3 aromatic carbocycles. The van der Waals surface area contributed by atoms with E-state index in [0.29, 0.717) is 11.7 Å². The number of esters is 1. The number of hydrogen-bond donors (Lipinski definition) is 2. The van der Waals surface area contributed by atoms with E-state index in [1.807, 2.05) is 12.1 Å². The molecule has 1 saturated heterocycles. The first-order valence-corrected chi connectivity index (χ1v) is 10.2. The van der Waals surface area contributed by atoms with Crippen molar-refractivity contribution in [1.82, 2.24) is 0 Å². The quantitative estimate of drug-likeness (QED) is 0.630. The molecule has 1 heterocycles. The Balaban J connectivity index is 1.60. The number of carbonyl (C=O) groups excluding carboxylic acids is 1. The number of rotatable bonds is 6. The van der Waals surface area contributed by atoms with E-state index in [2.05, 4.69) is 72.8 Å². The first-order valence-electron chi connectivity index (χ1n) is 10.2. The van der Waals surface area contributed by atoms with E-state index >= 15 is 0 Å². The summed E-state index contributed by atoms with van der Waals surface area (Å²) in [6, 6.07) is 29.4. The maximum atomic E-state index is 11.8.